The lowest BCUT2D eigenvalue weighted by Crippen LogP contribution is -2.42. The van der Waals surface area contributed by atoms with E-state index in [2.05, 4.69) is 0 Å². The zero-order valence-electron chi connectivity index (χ0n) is 6.64. The summed E-state index contributed by atoms with van der Waals surface area (Å²) in [5.41, 5.74) is 0.173. The molecule has 0 aliphatic carbocycles. The molecule has 3 atom stereocenters. The van der Waals surface area contributed by atoms with E-state index in [-0.39, 0.29) is 11.3 Å². The van der Waals surface area contributed by atoms with E-state index >= 15 is 0 Å². The van der Waals surface area contributed by atoms with Crippen LogP contribution in [-0.4, -0.2) is 45.5 Å². The molecule has 5 heteroatoms. The summed E-state index contributed by atoms with van der Waals surface area (Å²) in [6, 6.07) is 0. The number of hydrogen-bond donors (Lipinski definition) is 4. The Morgan fingerprint density at radius 3 is 2.50 bits per heavy atom. The van der Waals surface area contributed by atoms with Crippen molar-refractivity contribution in [1.82, 2.24) is 0 Å². The average molecular weight is 176 g/mol. The molecular formula is C7H12O5. The van der Waals surface area contributed by atoms with Gasteiger partial charge in [0, 0.05) is 5.57 Å². The first kappa shape index (κ1) is 9.47. The van der Waals surface area contributed by atoms with Crippen molar-refractivity contribution >= 4 is 0 Å². The molecule has 70 valence electrons. The smallest absolute Gasteiger partial charge is 0.181 e. The molecule has 5 nitrogen and oxygen atoms in total. The first-order valence-corrected chi connectivity index (χ1v) is 3.60. The number of rotatable bonds is 1. The van der Waals surface area contributed by atoms with Gasteiger partial charge in [-0.15, -0.1) is 0 Å². The van der Waals surface area contributed by atoms with Gasteiger partial charge in [0.2, 0.25) is 0 Å². The molecule has 1 heterocycles. The van der Waals surface area contributed by atoms with E-state index in [0.29, 0.717) is 0 Å². The van der Waals surface area contributed by atoms with E-state index < -0.39 is 25.1 Å². The zero-order valence-corrected chi connectivity index (χ0v) is 6.64. The lowest BCUT2D eigenvalue weighted by Gasteiger charge is -2.30. The second-order valence-corrected chi connectivity index (χ2v) is 2.72. The molecule has 0 fully saturated rings. The summed E-state index contributed by atoms with van der Waals surface area (Å²) in [5.74, 6) is -0.326. The summed E-state index contributed by atoms with van der Waals surface area (Å²) < 4.78 is 4.77. The predicted molar refractivity (Wildman–Crippen MR) is 39.3 cm³/mol. The topological polar surface area (TPSA) is 90.2 Å². The molecule has 0 saturated heterocycles. The van der Waals surface area contributed by atoms with Gasteiger partial charge in [-0.1, -0.05) is 0 Å². The molecule has 12 heavy (non-hydrogen) atoms. The van der Waals surface area contributed by atoms with Gasteiger partial charge in [-0.3, -0.25) is 0 Å². The fraction of sp³-hybridized carbons (Fsp3) is 0.714. The molecule has 0 aromatic heterocycles. The van der Waals surface area contributed by atoms with Crippen LogP contribution < -0.4 is 0 Å². The molecule has 0 bridgehead atoms. The summed E-state index contributed by atoms with van der Waals surface area (Å²) in [4.78, 5) is 0. The monoisotopic (exact) mass is 176 g/mol. The van der Waals surface area contributed by atoms with Crippen molar-refractivity contribution in [1.29, 1.82) is 0 Å². The Kier molecular flexibility index (Phi) is 2.69. The number of hydrogen-bond acceptors (Lipinski definition) is 5. The van der Waals surface area contributed by atoms with Crippen LogP contribution in [0, 0.1) is 0 Å². The van der Waals surface area contributed by atoms with Crippen LogP contribution >= 0.6 is 0 Å². The maximum absolute atomic E-state index is 9.22. The molecule has 0 radical (unpaired) electrons. The van der Waals surface area contributed by atoms with Gasteiger partial charge in [-0.05, 0) is 6.92 Å². The third-order valence-corrected chi connectivity index (χ3v) is 1.89. The Hall–Kier alpha value is -0.620. The van der Waals surface area contributed by atoms with Crippen LogP contribution in [0.2, 0.25) is 0 Å². The first-order chi connectivity index (χ1) is 5.57. The van der Waals surface area contributed by atoms with Crippen LogP contribution in [0.25, 0.3) is 0 Å². The Morgan fingerprint density at radius 1 is 1.42 bits per heavy atom. The Morgan fingerprint density at radius 2 is 2.00 bits per heavy atom. The van der Waals surface area contributed by atoms with Crippen molar-refractivity contribution in [3.05, 3.63) is 11.3 Å². The fourth-order valence-corrected chi connectivity index (χ4v) is 1.02. The minimum Gasteiger partial charge on any atom is -0.509 e. The van der Waals surface area contributed by atoms with Gasteiger partial charge in [0.05, 0.1) is 6.61 Å². The van der Waals surface area contributed by atoms with Crippen molar-refractivity contribution in [2.24, 2.45) is 0 Å². The highest BCUT2D eigenvalue weighted by molar-refractivity contribution is 5.15. The summed E-state index contributed by atoms with van der Waals surface area (Å²) in [5, 5.41) is 36.2. The van der Waals surface area contributed by atoms with Crippen molar-refractivity contribution in [2.45, 2.75) is 25.4 Å². The molecule has 1 aliphatic heterocycles. The van der Waals surface area contributed by atoms with E-state index in [0.717, 1.165) is 0 Å². The van der Waals surface area contributed by atoms with Gasteiger partial charge in [0.15, 0.2) is 6.29 Å². The van der Waals surface area contributed by atoms with Crippen molar-refractivity contribution in [3.8, 4) is 0 Å². The maximum atomic E-state index is 9.22. The Labute approximate surface area is 69.5 Å². The normalized spacial score (nSPS) is 37.2. The molecule has 0 spiro atoms. The molecule has 1 unspecified atom stereocenters. The highest BCUT2D eigenvalue weighted by Gasteiger charge is 2.33. The highest BCUT2D eigenvalue weighted by Crippen LogP contribution is 2.22. The second-order valence-electron chi connectivity index (χ2n) is 2.72. The molecule has 4 N–H and O–H groups in total. The number of aliphatic hydroxyl groups excluding tert-OH is 4. The minimum absolute atomic E-state index is 0.173. The van der Waals surface area contributed by atoms with E-state index in [1.54, 1.807) is 0 Å². The highest BCUT2D eigenvalue weighted by atomic mass is 16.6. The van der Waals surface area contributed by atoms with E-state index in [1.165, 1.54) is 6.92 Å². The van der Waals surface area contributed by atoms with Crippen molar-refractivity contribution in [2.75, 3.05) is 6.61 Å². The third kappa shape index (κ3) is 1.44. The predicted octanol–water partition coefficient (Wildman–Crippen LogP) is -1.11. The van der Waals surface area contributed by atoms with Gasteiger partial charge in [0.1, 0.15) is 18.0 Å². The van der Waals surface area contributed by atoms with Crippen molar-refractivity contribution < 1.29 is 25.2 Å². The van der Waals surface area contributed by atoms with E-state index in [1.807, 2.05) is 0 Å². The van der Waals surface area contributed by atoms with Gasteiger partial charge >= 0.3 is 0 Å². The van der Waals surface area contributed by atoms with Crippen LogP contribution in [-0.2, 0) is 4.74 Å². The minimum atomic E-state index is -1.25. The quantitative estimate of drug-likeness (QED) is 0.406. The number of ether oxygens (including phenoxy) is 1. The summed E-state index contributed by atoms with van der Waals surface area (Å²) >= 11 is 0. The maximum Gasteiger partial charge on any atom is 0.181 e. The molecule has 1 rings (SSSR count). The average Bonchev–Trinajstić information content (AvgIpc) is 2.08. The molecule has 0 aromatic rings. The van der Waals surface area contributed by atoms with Crippen LogP contribution in [0.1, 0.15) is 6.92 Å². The molecule has 0 amide bonds. The van der Waals surface area contributed by atoms with Gasteiger partial charge in [-0.2, -0.15) is 0 Å². The standard InChI is InChI=1S/C7H12O5/c1-3-5(9)6(10)4(2-8)12-7(3)11/h4,6-11H,2H2,1H3/t4?,6-,7+/m1/s1. The van der Waals surface area contributed by atoms with E-state index in [9.17, 15) is 10.2 Å². The zero-order chi connectivity index (χ0) is 9.30. The van der Waals surface area contributed by atoms with Gasteiger partial charge in [0.25, 0.3) is 0 Å². The van der Waals surface area contributed by atoms with Crippen LogP contribution in [0.3, 0.4) is 0 Å². The fourth-order valence-electron chi connectivity index (χ4n) is 1.02. The SMILES string of the molecule is CC1=C(O)[C@H](O)C(CO)O[C@@H]1O. The molecule has 0 saturated carbocycles. The van der Waals surface area contributed by atoms with Crippen LogP contribution in [0.5, 0.6) is 0 Å². The van der Waals surface area contributed by atoms with Crippen LogP contribution in [0.4, 0.5) is 0 Å². The Bertz CT molecular complexity index is 200. The second kappa shape index (κ2) is 3.40. The molecular weight excluding hydrogens is 164 g/mol. The summed E-state index contributed by atoms with van der Waals surface area (Å²) in [7, 11) is 0. The number of aliphatic hydroxyl groups is 4. The lowest BCUT2D eigenvalue weighted by molar-refractivity contribution is -0.172. The van der Waals surface area contributed by atoms with Crippen molar-refractivity contribution in [3.63, 3.8) is 0 Å². The largest absolute Gasteiger partial charge is 0.509 e. The third-order valence-electron chi connectivity index (χ3n) is 1.89. The summed E-state index contributed by atoms with van der Waals surface area (Å²) in [6.07, 6.45) is -3.45. The van der Waals surface area contributed by atoms with E-state index in [4.69, 9.17) is 14.9 Å². The Balaban J connectivity index is 2.85. The van der Waals surface area contributed by atoms with Gasteiger partial charge < -0.3 is 25.2 Å². The lowest BCUT2D eigenvalue weighted by atomic mass is 10.0. The molecule has 0 aromatic carbocycles. The summed E-state index contributed by atoms with van der Waals surface area (Å²) in [6.45, 7) is 0.992. The van der Waals surface area contributed by atoms with Gasteiger partial charge in [-0.25, -0.2) is 0 Å². The molecule has 1 aliphatic rings. The first-order valence-electron chi connectivity index (χ1n) is 3.60. The van der Waals surface area contributed by atoms with Crippen LogP contribution in [0.15, 0.2) is 11.3 Å².